The Balaban J connectivity index is 1.54. The van der Waals surface area contributed by atoms with Crippen molar-refractivity contribution in [1.29, 1.82) is 0 Å². The normalized spacial score (nSPS) is 17.5. The first-order valence-corrected chi connectivity index (χ1v) is 9.22. The molecule has 0 aliphatic carbocycles. The van der Waals surface area contributed by atoms with Crippen molar-refractivity contribution in [3.8, 4) is 5.75 Å². The highest BCUT2D eigenvalue weighted by Gasteiger charge is 2.31. The molecule has 0 saturated carbocycles. The van der Waals surface area contributed by atoms with Crippen molar-refractivity contribution in [2.75, 3.05) is 18.1 Å². The van der Waals surface area contributed by atoms with Gasteiger partial charge < -0.3 is 20.3 Å². The van der Waals surface area contributed by atoms with Crippen molar-refractivity contribution in [2.24, 2.45) is 0 Å². The quantitative estimate of drug-likeness (QED) is 0.823. The van der Waals surface area contributed by atoms with Crippen molar-refractivity contribution in [3.63, 3.8) is 0 Å². The van der Waals surface area contributed by atoms with Crippen LogP contribution in [-0.4, -0.2) is 31.1 Å². The second-order valence-corrected chi connectivity index (χ2v) is 6.58. The molecule has 3 rings (SSSR count). The number of carbonyl (C=O) groups is 2. The number of hydrogen-bond donors (Lipinski definition) is 2. The van der Waals surface area contributed by atoms with E-state index >= 15 is 0 Å². The molecule has 3 amide bonds. The van der Waals surface area contributed by atoms with Gasteiger partial charge in [0.05, 0.1) is 18.7 Å². The Kier molecular flexibility index (Phi) is 5.96. The maximum atomic E-state index is 12.3. The molecule has 1 heterocycles. The van der Waals surface area contributed by atoms with Crippen molar-refractivity contribution in [1.82, 2.24) is 10.6 Å². The van der Waals surface area contributed by atoms with Crippen molar-refractivity contribution in [3.05, 3.63) is 60.2 Å². The fourth-order valence-electron chi connectivity index (χ4n) is 3.19. The molecule has 0 bridgehead atoms. The van der Waals surface area contributed by atoms with Crippen LogP contribution in [0.2, 0.25) is 0 Å². The van der Waals surface area contributed by atoms with Gasteiger partial charge in [-0.2, -0.15) is 0 Å². The van der Waals surface area contributed by atoms with Crippen LogP contribution in [0.25, 0.3) is 0 Å². The molecule has 6 nitrogen and oxygen atoms in total. The van der Waals surface area contributed by atoms with Gasteiger partial charge in [0, 0.05) is 18.7 Å². The van der Waals surface area contributed by atoms with Gasteiger partial charge in [0.15, 0.2) is 0 Å². The summed E-state index contributed by atoms with van der Waals surface area (Å²) in [4.78, 5) is 26.3. The Morgan fingerprint density at radius 1 is 1.19 bits per heavy atom. The summed E-state index contributed by atoms with van der Waals surface area (Å²) < 4.78 is 5.43. The minimum Gasteiger partial charge on any atom is -0.494 e. The zero-order chi connectivity index (χ0) is 19.2. The number of urea groups is 1. The molecule has 0 radical (unpaired) electrons. The van der Waals surface area contributed by atoms with E-state index in [0.717, 1.165) is 17.0 Å². The van der Waals surface area contributed by atoms with Gasteiger partial charge in [-0.05, 0) is 43.7 Å². The average Bonchev–Trinajstić information content (AvgIpc) is 3.03. The number of hydrogen-bond acceptors (Lipinski definition) is 3. The van der Waals surface area contributed by atoms with Gasteiger partial charge in [-0.15, -0.1) is 0 Å². The summed E-state index contributed by atoms with van der Waals surface area (Å²) in [6.07, 6.45) is 0.292. The first-order valence-electron chi connectivity index (χ1n) is 9.22. The van der Waals surface area contributed by atoms with E-state index < -0.39 is 0 Å². The van der Waals surface area contributed by atoms with Gasteiger partial charge in [-0.3, -0.25) is 4.79 Å². The van der Waals surface area contributed by atoms with E-state index in [2.05, 4.69) is 10.6 Å². The second kappa shape index (κ2) is 8.58. The van der Waals surface area contributed by atoms with Crippen LogP contribution in [0.15, 0.2) is 54.6 Å². The molecule has 2 atom stereocenters. The summed E-state index contributed by atoms with van der Waals surface area (Å²) in [5, 5.41) is 5.82. The molecule has 1 fully saturated rings. The second-order valence-electron chi connectivity index (χ2n) is 6.58. The molecule has 6 heteroatoms. The van der Waals surface area contributed by atoms with Gasteiger partial charge in [0.1, 0.15) is 5.75 Å². The predicted molar refractivity (Wildman–Crippen MR) is 105 cm³/mol. The Bertz CT molecular complexity index is 777. The summed E-state index contributed by atoms with van der Waals surface area (Å²) in [5.41, 5.74) is 1.84. The number of amides is 3. The molecule has 1 aliphatic rings. The zero-order valence-electron chi connectivity index (χ0n) is 15.6. The topological polar surface area (TPSA) is 70.7 Å². The van der Waals surface area contributed by atoms with Gasteiger partial charge in [-0.1, -0.05) is 30.3 Å². The van der Waals surface area contributed by atoms with Gasteiger partial charge in [-0.25, -0.2) is 4.79 Å². The summed E-state index contributed by atoms with van der Waals surface area (Å²) >= 11 is 0. The monoisotopic (exact) mass is 367 g/mol. The average molecular weight is 367 g/mol. The van der Waals surface area contributed by atoms with E-state index in [4.69, 9.17) is 4.74 Å². The number of ether oxygens (including phenoxy) is 1. The van der Waals surface area contributed by atoms with Gasteiger partial charge in [0.25, 0.3) is 0 Å². The number of nitrogens with one attached hydrogen (secondary N) is 2. The van der Waals surface area contributed by atoms with E-state index in [0.29, 0.717) is 19.6 Å². The summed E-state index contributed by atoms with van der Waals surface area (Å²) in [7, 11) is 0. The fourth-order valence-corrected chi connectivity index (χ4v) is 3.19. The van der Waals surface area contributed by atoms with Crippen LogP contribution in [0, 0.1) is 0 Å². The minimum absolute atomic E-state index is 0.000526. The predicted octanol–water partition coefficient (Wildman–Crippen LogP) is 3.25. The maximum Gasteiger partial charge on any atom is 0.315 e. The number of nitrogens with zero attached hydrogens (tertiary/aromatic N) is 1. The lowest BCUT2D eigenvalue weighted by Gasteiger charge is -2.19. The minimum atomic E-state index is -0.266. The summed E-state index contributed by atoms with van der Waals surface area (Å²) in [5.74, 6) is 0.775. The zero-order valence-corrected chi connectivity index (χ0v) is 15.6. The lowest BCUT2D eigenvalue weighted by Crippen LogP contribution is -2.44. The third-order valence-electron chi connectivity index (χ3n) is 4.57. The Hall–Kier alpha value is -3.02. The smallest absolute Gasteiger partial charge is 0.315 e. The molecule has 142 valence electrons. The standard InChI is InChI=1S/C21H25N3O3/c1-3-27-19-11-9-18(10-12-19)24-14-17(13-20(24)25)23-21(26)22-15(2)16-7-5-4-6-8-16/h4-12,15,17H,3,13-14H2,1-2H3,(H2,22,23,26)/t15-,17+/m1/s1. The van der Waals surface area contributed by atoms with Gasteiger partial charge in [0.2, 0.25) is 5.91 Å². The van der Waals surface area contributed by atoms with Gasteiger partial charge >= 0.3 is 6.03 Å². The highest BCUT2D eigenvalue weighted by molar-refractivity contribution is 5.96. The van der Waals surface area contributed by atoms with E-state index in [-0.39, 0.29) is 24.0 Å². The van der Waals surface area contributed by atoms with Crippen LogP contribution >= 0.6 is 0 Å². The lowest BCUT2D eigenvalue weighted by molar-refractivity contribution is -0.117. The molecule has 2 aromatic carbocycles. The van der Waals surface area contributed by atoms with E-state index in [1.165, 1.54) is 0 Å². The number of benzene rings is 2. The van der Waals surface area contributed by atoms with Crippen LogP contribution in [0.5, 0.6) is 5.75 Å². The first kappa shape index (κ1) is 18.8. The first-order chi connectivity index (χ1) is 13.1. The third-order valence-corrected chi connectivity index (χ3v) is 4.57. The Morgan fingerprint density at radius 2 is 1.89 bits per heavy atom. The van der Waals surface area contributed by atoms with Crippen LogP contribution in [-0.2, 0) is 4.79 Å². The van der Waals surface area contributed by atoms with E-state index in [1.54, 1.807) is 4.90 Å². The Labute approximate surface area is 159 Å². The lowest BCUT2D eigenvalue weighted by atomic mass is 10.1. The largest absolute Gasteiger partial charge is 0.494 e. The fraction of sp³-hybridized carbons (Fsp3) is 0.333. The molecule has 2 aromatic rings. The molecule has 0 aromatic heterocycles. The number of anilines is 1. The van der Waals surface area contributed by atoms with Crippen molar-refractivity contribution >= 4 is 17.6 Å². The molecule has 0 unspecified atom stereocenters. The van der Waals surface area contributed by atoms with Crippen LogP contribution in [0.4, 0.5) is 10.5 Å². The molecular formula is C21H25N3O3. The molecule has 1 saturated heterocycles. The van der Waals surface area contributed by atoms with Crippen LogP contribution < -0.4 is 20.3 Å². The summed E-state index contributed by atoms with van der Waals surface area (Å²) in [6.45, 7) is 4.92. The molecule has 1 aliphatic heterocycles. The summed E-state index contributed by atoms with van der Waals surface area (Å²) in [6, 6.07) is 16.6. The molecular weight excluding hydrogens is 342 g/mol. The maximum absolute atomic E-state index is 12.3. The van der Waals surface area contributed by atoms with Crippen LogP contribution in [0.1, 0.15) is 31.9 Å². The van der Waals surface area contributed by atoms with E-state index in [1.807, 2.05) is 68.4 Å². The highest BCUT2D eigenvalue weighted by atomic mass is 16.5. The van der Waals surface area contributed by atoms with Crippen molar-refractivity contribution < 1.29 is 14.3 Å². The highest BCUT2D eigenvalue weighted by Crippen LogP contribution is 2.24. The third kappa shape index (κ3) is 4.78. The SMILES string of the molecule is CCOc1ccc(N2C[C@@H](NC(=O)N[C@H](C)c3ccccc3)CC2=O)cc1. The molecule has 27 heavy (non-hydrogen) atoms. The Morgan fingerprint density at radius 3 is 2.56 bits per heavy atom. The van der Waals surface area contributed by atoms with Crippen molar-refractivity contribution in [2.45, 2.75) is 32.4 Å². The number of rotatable bonds is 6. The molecule has 2 N–H and O–H groups in total. The number of carbonyl (C=O) groups excluding carboxylic acids is 2. The molecule has 0 spiro atoms. The van der Waals surface area contributed by atoms with E-state index in [9.17, 15) is 9.59 Å². The van der Waals surface area contributed by atoms with Crippen LogP contribution in [0.3, 0.4) is 0 Å².